The lowest BCUT2D eigenvalue weighted by molar-refractivity contribution is -0.384. The highest BCUT2D eigenvalue weighted by Crippen LogP contribution is 2.26. The highest BCUT2D eigenvalue weighted by atomic mass is 16.6. The van der Waals surface area contributed by atoms with Crippen LogP contribution in [-0.2, 0) is 0 Å². The minimum atomic E-state index is -0.450. The Labute approximate surface area is 112 Å². The fourth-order valence-corrected chi connectivity index (χ4v) is 1.57. The van der Waals surface area contributed by atoms with Crippen molar-refractivity contribution in [3.8, 4) is 0 Å². The predicted octanol–water partition coefficient (Wildman–Crippen LogP) is 2.51. The Morgan fingerprint density at radius 1 is 1.47 bits per heavy atom. The Morgan fingerprint density at radius 3 is 2.58 bits per heavy atom. The third-order valence-corrected chi connectivity index (χ3v) is 2.86. The minimum absolute atomic E-state index is 0.0180. The van der Waals surface area contributed by atoms with E-state index in [1.807, 2.05) is 13.8 Å². The number of nitrogens with zero attached hydrogens (tertiary/aromatic N) is 2. The molecule has 0 fully saturated rings. The fraction of sp³-hybridized carbons (Fsp3) is 0.462. The van der Waals surface area contributed by atoms with Gasteiger partial charge in [-0.1, -0.05) is 6.92 Å². The summed E-state index contributed by atoms with van der Waals surface area (Å²) in [5, 5.41) is 14.0. The third-order valence-electron chi connectivity index (χ3n) is 2.86. The van der Waals surface area contributed by atoms with Crippen LogP contribution in [0.15, 0.2) is 18.2 Å². The van der Waals surface area contributed by atoms with Gasteiger partial charge >= 0.3 is 0 Å². The lowest BCUT2D eigenvalue weighted by atomic mass is 10.1. The molecular weight excluding hydrogens is 246 g/mol. The first kappa shape index (κ1) is 14.9. The zero-order valence-corrected chi connectivity index (χ0v) is 11.6. The maximum Gasteiger partial charge on any atom is 0.292 e. The summed E-state index contributed by atoms with van der Waals surface area (Å²) in [6.45, 7) is 3.92. The molecule has 6 heteroatoms. The monoisotopic (exact) mass is 265 g/mol. The number of nitro benzene ring substituents is 1. The quantitative estimate of drug-likeness (QED) is 0.655. The van der Waals surface area contributed by atoms with Crippen molar-refractivity contribution >= 4 is 17.3 Å². The topological polar surface area (TPSA) is 75.5 Å². The van der Waals surface area contributed by atoms with Crippen LogP contribution in [0.2, 0.25) is 0 Å². The van der Waals surface area contributed by atoms with Crippen molar-refractivity contribution in [1.82, 2.24) is 4.90 Å². The van der Waals surface area contributed by atoms with Gasteiger partial charge in [-0.25, -0.2) is 0 Å². The number of nitrogens with one attached hydrogen (secondary N) is 1. The van der Waals surface area contributed by atoms with E-state index in [0.29, 0.717) is 11.3 Å². The summed E-state index contributed by atoms with van der Waals surface area (Å²) < 4.78 is 0. The Bertz CT molecular complexity index is 486. The Hall–Kier alpha value is -2.11. The van der Waals surface area contributed by atoms with Crippen LogP contribution in [0.1, 0.15) is 30.6 Å². The molecule has 0 bridgehead atoms. The molecule has 1 amide bonds. The molecule has 0 aliphatic rings. The van der Waals surface area contributed by atoms with Crippen molar-refractivity contribution in [2.45, 2.75) is 26.3 Å². The fourth-order valence-electron chi connectivity index (χ4n) is 1.57. The van der Waals surface area contributed by atoms with E-state index in [4.69, 9.17) is 0 Å². The molecule has 0 spiro atoms. The Kier molecular flexibility index (Phi) is 4.86. The number of carbonyl (C=O) groups excluding carboxylic acids is 1. The Morgan fingerprint density at radius 2 is 2.11 bits per heavy atom. The van der Waals surface area contributed by atoms with Crippen molar-refractivity contribution in [3.63, 3.8) is 0 Å². The maximum absolute atomic E-state index is 11.9. The highest BCUT2D eigenvalue weighted by molar-refractivity contribution is 5.95. The van der Waals surface area contributed by atoms with Crippen molar-refractivity contribution in [2.75, 3.05) is 19.4 Å². The van der Waals surface area contributed by atoms with Crippen molar-refractivity contribution in [1.29, 1.82) is 0 Å². The molecule has 1 N–H and O–H groups in total. The number of hydrogen-bond donors (Lipinski definition) is 1. The van der Waals surface area contributed by atoms with Crippen molar-refractivity contribution in [3.05, 3.63) is 33.9 Å². The van der Waals surface area contributed by atoms with Gasteiger partial charge in [0.2, 0.25) is 0 Å². The largest absolute Gasteiger partial charge is 0.377 e. The van der Waals surface area contributed by atoms with E-state index >= 15 is 0 Å². The van der Waals surface area contributed by atoms with E-state index in [1.54, 1.807) is 14.1 Å². The molecule has 1 aromatic rings. The number of amides is 1. The summed E-state index contributed by atoms with van der Waals surface area (Å²) in [7, 11) is 3.29. The number of rotatable bonds is 5. The van der Waals surface area contributed by atoms with Gasteiger partial charge in [-0.2, -0.15) is 0 Å². The van der Waals surface area contributed by atoms with Gasteiger partial charge in [0.05, 0.1) is 4.92 Å². The van der Waals surface area contributed by atoms with Crippen LogP contribution in [0.5, 0.6) is 0 Å². The smallest absolute Gasteiger partial charge is 0.292 e. The number of nitro groups is 1. The summed E-state index contributed by atoms with van der Waals surface area (Å²) in [5.74, 6) is -0.179. The molecule has 1 atom stereocenters. The maximum atomic E-state index is 11.9. The Balaban J connectivity index is 3.18. The number of benzene rings is 1. The molecule has 0 saturated heterocycles. The zero-order chi connectivity index (χ0) is 14.6. The van der Waals surface area contributed by atoms with E-state index in [9.17, 15) is 14.9 Å². The van der Waals surface area contributed by atoms with Gasteiger partial charge in [-0.15, -0.1) is 0 Å². The van der Waals surface area contributed by atoms with Crippen LogP contribution in [0.3, 0.4) is 0 Å². The van der Waals surface area contributed by atoms with Gasteiger partial charge in [0, 0.05) is 31.8 Å². The minimum Gasteiger partial charge on any atom is -0.377 e. The first-order valence-corrected chi connectivity index (χ1v) is 6.13. The molecule has 6 nitrogen and oxygen atoms in total. The van der Waals surface area contributed by atoms with Crippen LogP contribution in [0.25, 0.3) is 0 Å². The molecule has 0 aromatic heterocycles. The van der Waals surface area contributed by atoms with E-state index in [1.165, 1.54) is 23.1 Å². The number of hydrogen-bond acceptors (Lipinski definition) is 4. The third kappa shape index (κ3) is 3.67. The molecular formula is C13H19N3O3. The van der Waals surface area contributed by atoms with Crippen LogP contribution in [-0.4, -0.2) is 35.9 Å². The van der Waals surface area contributed by atoms with E-state index in [0.717, 1.165) is 6.42 Å². The van der Waals surface area contributed by atoms with Gasteiger partial charge in [0.25, 0.3) is 11.6 Å². The van der Waals surface area contributed by atoms with E-state index in [2.05, 4.69) is 5.32 Å². The average molecular weight is 265 g/mol. The molecule has 0 radical (unpaired) electrons. The van der Waals surface area contributed by atoms with Gasteiger partial charge in [0.1, 0.15) is 5.69 Å². The average Bonchev–Trinajstić information content (AvgIpc) is 2.37. The summed E-state index contributed by atoms with van der Waals surface area (Å²) in [4.78, 5) is 23.8. The van der Waals surface area contributed by atoms with Crippen molar-refractivity contribution in [2.24, 2.45) is 0 Å². The molecule has 0 saturated carbocycles. The molecule has 0 heterocycles. The molecule has 1 rings (SSSR count). The molecule has 104 valence electrons. The second-order valence-corrected chi connectivity index (χ2v) is 4.64. The standard InChI is InChI=1S/C13H19N3O3/c1-5-9(2)14-11-8-10(13(17)15(3)4)6-7-12(11)16(18)19/h6-9,14H,5H2,1-4H3. The summed E-state index contributed by atoms with van der Waals surface area (Å²) in [6.07, 6.45) is 0.836. The van der Waals surface area contributed by atoms with Crippen molar-refractivity contribution < 1.29 is 9.72 Å². The molecule has 1 unspecified atom stereocenters. The van der Waals surface area contributed by atoms with Crippen LogP contribution in [0.4, 0.5) is 11.4 Å². The van der Waals surface area contributed by atoms with Gasteiger partial charge in [-0.3, -0.25) is 14.9 Å². The summed E-state index contributed by atoms with van der Waals surface area (Å²) >= 11 is 0. The van der Waals surface area contributed by atoms with Crippen LogP contribution >= 0.6 is 0 Å². The number of anilines is 1. The number of carbonyl (C=O) groups is 1. The first-order valence-electron chi connectivity index (χ1n) is 6.13. The summed E-state index contributed by atoms with van der Waals surface area (Å²) in [5.41, 5.74) is 0.795. The lowest BCUT2D eigenvalue weighted by Gasteiger charge is -2.15. The van der Waals surface area contributed by atoms with Gasteiger partial charge in [0.15, 0.2) is 0 Å². The second kappa shape index (κ2) is 6.17. The lowest BCUT2D eigenvalue weighted by Crippen LogP contribution is -2.22. The molecule has 0 aliphatic heterocycles. The first-order chi connectivity index (χ1) is 8.86. The molecule has 19 heavy (non-hydrogen) atoms. The normalized spacial score (nSPS) is 11.8. The predicted molar refractivity (Wildman–Crippen MR) is 74.5 cm³/mol. The van der Waals surface area contributed by atoms with Crippen LogP contribution in [0, 0.1) is 10.1 Å². The molecule has 1 aromatic carbocycles. The second-order valence-electron chi connectivity index (χ2n) is 4.64. The van der Waals surface area contributed by atoms with Gasteiger partial charge in [-0.05, 0) is 25.5 Å². The SMILES string of the molecule is CCC(C)Nc1cc(C(=O)N(C)C)ccc1[N+](=O)[O-]. The van der Waals surface area contributed by atoms with Gasteiger partial charge < -0.3 is 10.2 Å². The van der Waals surface area contributed by atoms with Crippen LogP contribution < -0.4 is 5.32 Å². The van der Waals surface area contributed by atoms with E-state index in [-0.39, 0.29) is 17.6 Å². The summed E-state index contributed by atoms with van der Waals surface area (Å²) in [6, 6.07) is 4.47. The zero-order valence-electron chi connectivity index (χ0n) is 11.6. The van der Waals surface area contributed by atoms with E-state index < -0.39 is 4.92 Å². The molecule has 0 aliphatic carbocycles. The highest BCUT2D eigenvalue weighted by Gasteiger charge is 2.18.